The van der Waals surface area contributed by atoms with Crippen LogP contribution in [0.25, 0.3) is 0 Å². The van der Waals surface area contributed by atoms with Gasteiger partial charge in [0.05, 0.1) is 11.9 Å². The number of anilines is 2. The second-order valence-corrected chi connectivity index (χ2v) is 4.35. The molecule has 5 nitrogen and oxygen atoms in total. The van der Waals surface area contributed by atoms with Crippen molar-refractivity contribution in [2.24, 2.45) is 5.84 Å². The highest BCUT2D eigenvalue weighted by Crippen LogP contribution is 2.17. The SMILES string of the molecule is Cc1ccc(NC(=O)c2ccc(NN)cn2)c(C)c1. The molecule has 0 atom stereocenters. The summed E-state index contributed by atoms with van der Waals surface area (Å²) in [6, 6.07) is 9.18. The number of aryl methyl sites for hydroxylation is 2. The van der Waals surface area contributed by atoms with Crippen LogP contribution in [0.2, 0.25) is 0 Å². The van der Waals surface area contributed by atoms with Crippen molar-refractivity contribution >= 4 is 17.3 Å². The molecule has 0 saturated heterocycles. The monoisotopic (exact) mass is 256 g/mol. The Kier molecular flexibility index (Phi) is 3.77. The smallest absolute Gasteiger partial charge is 0.274 e. The molecule has 2 aromatic rings. The van der Waals surface area contributed by atoms with Gasteiger partial charge in [0.25, 0.3) is 5.91 Å². The minimum Gasteiger partial charge on any atom is -0.323 e. The first kappa shape index (κ1) is 13.0. The Morgan fingerprint density at radius 3 is 2.58 bits per heavy atom. The average molecular weight is 256 g/mol. The summed E-state index contributed by atoms with van der Waals surface area (Å²) in [5.41, 5.74) is 6.44. The molecule has 0 aliphatic carbocycles. The molecule has 0 unspecified atom stereocenters. The predicted octanol–water partition coefficient (Wildman–Crippen LogP) is 2.24. The van der Waals surface area contributed by atoms with Gasteiger partial charge in [-0.05, 0) is 37.6 Å². The second kappa shape index (κ2) is 5.49. The van der Waals surface area contributed by atoms with Crippen LogP contribution in [0.1, 0.15) is 21.6 Å². The molecule has 1 amide bonds. The van der Waals surface area contributed by atoms with Crippen molar-refractivity contribution in [1.29, 1.82) is 0 Å². The Hall–Kier alpha value is -2.40. The summed E-state index contributed by atoms with van der Waals surface area (Å²) in [5.74, 6) is 5.00. The van der Waals surface area contributed by atoms with E-state index in [0.717, 1.165) is 16.8 Å². The van der Waals surface area contributed by atoms with Gasteiger partial charge < -0.3 is 10.7 Å². The molecule has 1 aromatic carbocycles. The highest BCUT2D eigenvalue weighted by Gasteiger charge is 2.08. The maximum Gasteiger partial charge on any atom is 0.274 e. The van der Waals surface area contributed by atoms with Crippen molar-refractivity contribution in [3.05, 3.63) is 53.3 Å². The lowest BCUT2D eigenvalue weighted by Gasteiger charge is -2.09. The minimum absolute atomic E-state index is 0.240. The molecule has 0 saturated carbocycles. The average Bonchev–Trinajstić information content (AvgIpc) is 2.42. The minimum atomic E-state index is -0.240. The van der Waals surface area contributed by atoms with Gasteiger partial charge in [-0.25, -0.2) is 4.98 Å². The van der Waals surface area contributed by atoms with Gasteiger partial charge in [-0.1, -0.05) is 17.7 Å². The van der Waals surface area contributed by atoms with Crippen LogP contribution in [0, 0.1) is 13.8 Å². The van der Waals surface area contributed by atoms with E-state index in [0.29, 0.717) is 11.4 Å². The van der Waals surface area contributed by atoms with Crippen molar-refractivity contribution in [1.82, 2.24) is 4.98 Å². The molecular weight excluding hydrogens is 240 g/mol. The third kappa shape index (κ3) is 3.08. The lowest BCUT2D eigenvalue weighted by molar-refractivity contribution is 0.102. The normalized spacial score (nSPS) is 10.1. The summed E-state index contributed by atoms with van der Waals surface area (Å²) in [4.78, 5) is 16.1. The topological polar surface area (TPSA) is 80.0 Å². The first-order chi connectivity index (χ1) is 9.10. The Bertz CT molecular complexity index is 593. The Morgan fingerprint density at radius 1 is 1.21 bits per heavy atom. The van der Waals surface area contributed by atoms with Gasteiger partial charge in [0.1, 0.15) is 5.69 Å². The van der Waals surface area contributed by atoms with E-state index in [9.17, 15) is 4.79 Å². The van der Waals surface area contributed by atoms with E-state index >= 15 is 0 Å². The lowest BCUT2D eigenvalue weighted by atomic mass is 10.1. The first-order valence-corrected chi connectivity index (χ1v) is 5.91. The van der Waals surface area contributed by atoms with Gasteiger partial charge in [0.2, 0.25) is 0 Å². The molecule has 0 aliphatic rings. The number of amides is 1. The van der Waals surface area contributed by atoms with Gasteiger partial charge in [0.15, 0.2) is 0 Å². The van der Waals surface area contributed by atoms with Crippen LogP contribution < -0.4 is 16.6 Å². The largest absolute Gasteiger partial charge is 0.323 e. The van der Waals surface area contributed by atoms with E-state index in [-0.39, 0.29) is 5.91 Å². The third-order valence-corrected chi connectivity index (χ3v) is 2.79. The van der Waals surface area contributed by atoms with E-state index in [1.807, 2.05) is 32.0 Å². The van der Waals surface area contributed by atoms with Crippen LogP contribution >= 0.6 is 0 Å². The zero-order valence-electron chi connectivity index (χ0n) is 10.9. The fraction of sp³-hybridized carbons (Fsp3) is 0.143. The number of hydrazine groups is 1. The molecule has 0 fully saturated rings. The number of pyridine rings is 1. The summed E-state index contributed by atoms with van der Waals surface area (Å²) in [6.45, 7) is 3.97. The highest BCUT2D eigenvalue weighted by molar-refractivity contribution is 6.03. The summed E-state index contributed by atoms with van der Waals surface area (Å²) in [7, 11) is 0. The van der Waals surface area contributed by atoms with Crippen molar-refractivity contribution in [2.75, 3.05) is 10.7 Å². The number of benzene rings is 1. The highest BCUT2D eigenvalue weighted by atomic mass is 16.1. The number of hydrogen-bond donors (Lipinski definition) is 3. The maximum absolute atomic E-state index is 12.0. The predicted molar refractivity (Wildman–Crippen MR) is 75.9 cm³/mol. The number of nitrogens with zero attached hydrogens (tertiary/aromatic N) is 1. The van der Waals surface area contributed by atoms with Gasteiger partial charge in [-0.15, -0.1) is 0 Å². The number of hydrogen-bond acceptors (Lipinski definition) is 4. The Labute approximate surface area is 111 Å². The van der Waals surface area contributed by atoms with Crippen molar-refractivity contribution in [3.63, 3.8) is 0 Å². The zero-order valence-corrected chi connectivity index (χ0v) is 10.9. The standard InChI is InChI=1S/C14H16N4O/c1-9-3-5-12(10(2)7-9)17-14(19)13-6-4-11(18-15)8-16-13/h3-8,18H,15H2,1-2H3,(H,17,19). The fourth-order valence-corrected chi connectivity index (χ4v) is 1.75. The van der Waals surface area contributed by atoms with Crippen LogP contribution in [0.3, 0.4) is 0 Å². The van der Waals surface area contributed by atoms with E-state index in [2.05, 4.69) is 15.7 Å². The Balaban J connectivity index is 2.15. The fourth-order valence-electron chi connectivity index (χ4n) is 1.75. The molecule has 4 N–H and O–H groups in total. The molecule has 0 aliphatic heterocycles. The molecule has 5 heteroatoms. The number of carbonyl (C=O) groups excluding carboxylic acids is 1. The molecule has 2 rings (SSSR count). The van der Waals surface area contributed by atoms with Crippen molar-refractivity contribution < 1.29 is 4.79 Å². The van der Waals surface area contributed by atoms with Crippen LogP contribution in [-0.2, 0) is 0 Å². The zero-order chi connectivity index (χ0) is 13.8. The molecule has 98 valence electrons. The number of rotatable bonds is 3. The van der Waals surface area contributed by atoms with Gasteiger partial charge in [-0.2, -0.15) is 0 Å². The van der Waals surface area contributed by atoms with Gasteiger partial charge >= 0.3 is 0 Å². The second-order valence-electron chi connectivity index (χ2n) is 4.35. The number of nitrogens with one attached hydrogen (secondary N) is 2. The Morgan fingerprint density at radius 2 is 2.00 bits per heavy atom. The molecule has 1 aromatic heterocycles. The maximum atomic E-state index is 12.0. The van der Waals surface area contributed by atoms with Crippen molar-refractivity contribution in [3.8, 4) is 0 Å². The molecule has 0 bridgehead atoms. The van der Waals surface area contributed by atoms with Crippen LogP contribution in [0.5, 0.6) is 0 Å². The number of aromatic nitrogens is 1. The third-order valence-electron chi connectivity index (χ3n) is 2.79. The van der Waals surface area contributed by atoms with E-state index in [1.165, 1.54) is 6.20 Å². The quantitative estimate of drug-likeness (QED) is 0.581. The summed E-state index contributed by atoms with van der Waals surface area (Å²) in [5, 5.41) is 2.84. The number of carbonyl (C=O) groups is 1. The van der Waals surface area contributed by atoms with E-state index < -0.39 is 0 Å². The number of nitrogen functional groups attached to an aromatic ring is 1. The summed E-state index contributed by atoms with van der Waals surface area (Å²) < 4.78 is 0. The van der Waals surface area contributed by atoms with E-state index in [1.54, 1.807) is 12.1 Å². The summed E-state index contributed by atoms with van der Waals surface area (Å²) in [6.07, 6.45) is 1.51. The molecule has 1 heterocycles. The van der Waals surface area contributed by atoms with Crippen LogP contribution in [0.4, 0.5) is 11.4 Å². The number of nitrogens with two attached hydrogens (primary N) is 1. The van der Waals surface area contributed by atoms with Crippen LogP contribution in [0.15, 0.2) is 36.5 Å². The van der Waals surface area contributed by atoms with Gasteiger partial charge in [-0.3, -0.25) is 10.6 Å². The molecule has 0 radical (unpaired) electrons. The van der Waals surface area contributed by atoms with Crippen molar-refractivity contribution in [2.45, 2.75) is 13.8 Å². The summed E-state index contributed by atoms with van der Waals surface area (Å²) >= 11 is 0. The van der Waals surface area contributed by atoms with E-state index in [4.69, 9.17) is 5.84 Å². The molecule has 19 heavy (non-hydrogen) atoms. The molecular formula is C14H16N4O. The molecule has 0 spiro atoms. The van der Waals surface area contributed by atoms with Gasteiger partial charge in [0, 0.05) is 5.69 Å². The lowest BCUT2D eigenvalue weighted by Crippen LogP contribution is -2.15. The first-order valence-electron chi connectivity index (χ1n) is 5.91. The van der Waals surface area contributed by atoms with Crippen LogP contribution in [-0.4, -0.2) is 10.9 Å².